The molecule has 0 amide bonds. The molecule has 0 radical (unpaired) electrons. The molecular weight excluding hydrogens is 368 g/mol. The minimum atomic E-state index is -0.432. The van der Waals surface area contributed by atoms with Crippen LogP contribution in [-0.2, 0) is 11.8 Å². The molecular formula is C22H18N4O3. The second-order valence-electron chi connectivity index (χ2n) is 6.76. The molecule has 0 N–H and O–H groups in total. The number of ether oxygens (including phenoxy) is 1. The SMILES string of the molecule is CCOC(=O)n1cc(-c2nonc2-c2cn(C)c3ccccc23)c2ccccc21. The number of aromatic nitrogens is 4. The van der Waals surface area contributed by atoms with Crippen LogP contribution >= 0.6 is 0 Å². The van der Waals surface area contributed by atoms with Gasteiger partial charge in [0.15, 0.2) is 0 Å². The molecule has 0 spiro atoms. The van der Waals surface area contributed by atoms with Crippen molar-refractivity contribution in [1.29, 1.82) is 0 Å². The van der Waals surface area contributed by atoms with Crippen LogP contribution < -0.4 is 0 Å². The molecule has 7 nitrogen and oxygen atoms in total. The predicted octanol–water partition coefficient (Wildman–Crippen LogP) is 4.85. The van der Waals surface area contributed by atoms with Crippen LogP contribution in [-0.4, -0.2) is 32.1 Å². The Bertz CT molecular complexity index is 1360. The van der Waals surface area contributed by atoms with E-state index in [1.165, 1.54) is 4.57 Å². The van der Waals surface area contributed by atoms with E-state index in [0.717, 1.165) is 32.9 Å². The standard InChI is InChI=1S/C22H18N4O3/c1-3-28-22(27)26-13-17(15-9-5-7-11-19(15)26)21-20(23-29-24-21)16-12-25(2)18-10-6-4-8-14(16)18/h4-13H,3H2,1-2H3. The number of rotatable bonds is 3. The highest BCUT2D eigenvalue weighted by molar-refractivity contribution is 6.04. The fourth-order valence-corrected chi connectivity index (χ4v) is 3.78. The summed E-state index contributed by atoms with van der Waals surface area (Å²) in [5.41, 5.74) is 4.73. The zero-order chi connectivity index (χ0) is 20.0. The van der Waals surface area contributed by atoms with E-state index in [2.05, 4.69) is 16.4 Å². The van der Waals surface area contributed by atoms with Crippen molar-refractivity contribution in [3.63, 3.8) is 0 Å². The van der Waals surface area contributed by atoms with Crippen molar-refractivity contribution >= 4 is 27.9 Å². The van der Waals surface area contributed by atoms with Crippen molar-refractivity contribution in [2.24, 2.45) is 7.05 Å². The summed E-state index contributed by atoms with van der Waals surface area (Å²) in [5, 5.41) is 10.3. The molecule has 5 aromatic rings. The van der Waals surface area contributed by atoms with Gasteiger partial charge in [-0.3, -0.25) is 4.57 Å². The number of fused-ring (bicyclic) bond motifs is 2. The maximum atomic E-state index is 12.5. The van der Waals surface area contributed by atoms with E-state index in [-0.39, 0.29) is 0 Å². The smallest absolute Gasteiger partial charge is 0.418 e. The lowest BCUT2D eigenvalue weighted by Crippen LogP contribution is -2.11. The second-order valence-corrected chi connectivity index (χ2v) is 6.76. The highest BCUT2D eigenvalue weighted by atomic mass is 16.6. The van der Waals surface area contributed by atoms with Crippen molar-refractivity contribution in [1.82, 2.24) is 19.4 Å². The van der Waals surface area contributed by atoms with Crippen LogP contribution in [0.4, 0.5) is 4.79 Å². The van der Waals surface area contributed by atoms with Gasteiger partial charge in [-0.1, -0.05) is 36.4 Å². The highest BCUT2D eigenvalue weighted by Crippen LogP contribution is 2.38. The van der Waals surface area contributed by atoms with Crippen molar-refractivity contribution < 1.29 is 14.2 Å². The molecule has 0 aliphatic heterocycles. The van der Waals surface area contributed by atoms with E-state index in [0.29, 0.717) is 18.0 Å². The largest absolute Gasteiger partial charge is 0.449 e. The van der Waals surface area contributed by atoms with Gasteiger partial charge in [0.2, 0.25) is 0 Å². The van der Waals surface area contributed by atoms with Crippen LogP contribution in [0.5, 0.6) is 0 Å². The first kappa shape index (κ1) is 17.2. The maximum Gasteiger partial charge on any atom is 0.418 e. The average Bonchev–Trinajstić information content (AvgIpc) is 3.44. The third-order valence-corrected chi connectivity index (χ3v) is 5.07. The Balaban J connectivity index is 1.74. The van der Waals surface area contributed by atoms with Crippen LogP contribution in [0.2, 0.25) is 0 Å². The molecule has 0 atom stereocenters. The molecule has 0 saturated heterocycles. The summed E-state index contributed by atoms with van der Waals surface area (Å²) in [7, 11) is 1.99. The monoisotopic (exact) mass is 386 g/mol. The molecule has 0 aliphatic rings. The second kappa shape index (κ2) is 6.63. The quantitative estimate of drug-likeness (QED) is 0.443. The molecule has 5 rings (SSSR count). The molecule has 0 unspecified atom stereocenters. The van der Waals surface area contributed by atoms with Crippen LogP contribution in [0.15, 0.2) is 65.6 Å². The summed E-state index contributed by atoms with van der Waals surface area (Å²) < 4.78 is 13.9. The van der Waals surface area contributed by atoms with Crippen molar-refractivity contribution in [2.45, 2.75) is 6.92 Å². The molecule has 0 aliphatic carbocycles. The number of nitrogens with zero attached hydrogens (tertiary/aromatic N) is 4. The molecule has 7 heteroatoms. The van der Waals surface area contributed by atoms with Gasteiger partial charge in [-0.25, -0.2) is 9.42 Å². The third kappa shape index (κ3) is 2.62. The lowest BCUT2D eigenvalue weighted by atomic mass is 10.0. The first-order valence-corrected chi connectivity index (χ1v) is 9.33. The van der Waals surface area contributed by atoms with Gasteiger partial charge in [-0.2, -0.15) is 0 Å². The summed E-state index contributed by atoms with van der Waals surface area (Å²) >= 11 is 0. The topological polar surface area (TPSA) is 75.1 Å². The number of carbonyl (C=O) groups is 1. The molecule has 0 bridgehead atoms. The van der Waals surface area contributed by atoms with E-state index >= 15 is 0 Å². The summed E-state index contributed by atoms with van der Waals surface area (Å²) in [6, 6.07) is 15.7. The summed E-state index contributed by atoms with van der Waals surface area (Å²) in [6.45, 7) is 2.08. The van der Waals surface area contributed by atoms with Gasteiger partial charge in [0.05, 0.1) is 12.1 Å². The van der Waals surface area contributed by atoms with Crippen LogP contribution in [0, 0.1) is 0 Å². The van der Waals surface area contributed by atoms with Crippen molar-refractivity contribution in [2.75, 3.05) is 6.61 Å². The van der Waals surface area contributed by atoms with Gasteiger partial charge < -0.3 is 9.30 Å². The van der Waals surface area contributed by atoms with E-state index in [1.54, 1.807) is 13.1 Å². The Morgan fingerprint density at radius 2 is 1.52 bits per heavy atom. The molecule has 0 saturated carbocycles. The fourth-order valence-electron chi connectivity index (χ4n) is 3.78. The number of carbonyl (C=O) groups excluding carboxylic acids is 1. The predicted molar refractivity (Wildman–Crippen MR) is 110 cm³/mol. The van der Waals surface area contributed by atoms with Gasteiger partial charge in [-0.15, -0.1) is 0 Å². The Labute approximate surface area is 166 Å². The molecule has 0 fully saturated rings. The zero-order valence-electron chi connectivity index (χ0n) is 16.0. The minimum Gasteiger partial charge on any atom is -0.449 e. The zero-order valence-corrected chi connectivity index (χ0v) is 16.0. The summed E-state index contributed by atoms with van der Waals surface area (Å²) in [6.07, 6.45) is 3.31. The van der Waals surface area contributed by atoms with E-state index < -0.39 is 6.09 Å². The molecule has 3 aromatic heterocycles. The normalized spacial score (nSPS) is 11.4. The first-order valence-electron chi connectivity index (χ1n) is 9.33. The summed E-state index contributed by atoms with van der Waals surface area (Å²) in [4.78, 5) is 12.5. The molecule has 3 heterocycles. The lowest BCUT2D eigenvalue weighted by molar-refractivity contribution is 0.155. The third-order valence-electron chi connectivity index (χ3n) is 5.07. The number of hydrogen-bond donors (Lipinski definition) is 0. The number of para-hydroxylation sites is 2. The fraction of sp³-hybridized carbons (Fsp3) is 0.136. The first-order chi connectivity index (χ1) is 14.2. The Morgan fingerprint density at radius 3 is 2.21 bits per heavy atom. The number of benzene rings is 2. The van der Waals surface area contributed by atoms with Gasteiger partial charge in [0.25, 0.3) is 0 Å². The molecule has 2 aromatic carbocycles. The summed E-state index contributed by atoms with van der Waals surface area (Å²) in [5.74, 6) is 0. The Hall–Kier alpha value is -3.87. The number of aryl methyl sites for hydroxylation is 1. The van der Waals surface area contributed by atoms with E-state index in [9.17, 15) is 4.79 Å². The molecule has 144 valence electrons. The van der Waals surface area contributed by atoms with E-state index in [4.69, 9.17) is 9.37 Å². The Kier molecular flexibility index (Phi) is 3.94. The molecule has 29 heavy (non-hydrogen) atoms. The lowest BCUT2D eigenvalue weighted by Gasteiger charge is -2.03. The van der Waals surface area contributed by atoms with Crippen LogP contribution in [0.3, 0.4) is 0 Å². The van der Waals surface area contributed by atoms with Gasteiger partial charge in [0.1, 0.15) is 11.4 Å². The average molecular weight is 386 g/mol. The highest BCUT2D eigenvalue weighted by Gasteiger charge is 2.23. The van der Waals surface area contributed by atoms with Gasteiger partial charge in [0, 0.05) is 46.9 Å². The van der Waals surface area contributed by atoms with Gasteiger partial charge >= 0.3 is 6.09 Å². The maximum absolute atomic E-state index is 12.5. The van der Waals surface area contributed by atoms with E-state index in [1.807, 2.05) is 60.3 Å². The number of hydrogen-bond acceptors (Lipinski definition) is 5. The Morgan fingerprint density at radius 1 is 0.931 bits per heavy atom. The minimum absolute atomic E-state index is 0.299. The van der Waals surface area contributed by atoms with Crippen molar-refractivity contribution in [3.8, 4) is 22.5 Å². The van der Waals surface area contributed by atoms with Crippen LogP contribution in [0.25, 0.3) is 44.3 Å². The van der Waals surface area contributed by atoms with Gasteiger partial charge in [-0.05, 0) is 29.4 Å². The van der Waals surface area contributed by atoms with Crippen molar-refractivity contribution in [3.05, 3.63) is 60.9 Å². The van der Waals surface area contributed by atoms with Crippen LogP contribution in [0.1, 0.15) is 6.92 Å².